The Balaban J connectivity index is 1.79. The van der Waals surface area contributed by atoms with Crippen LogP contribution in [0.4, 0.5) is 0 Å². The molecule has 0 amide bonds. The summed E-state index contributed by atoms with van der Waals surface area (Å²) >= 11 is 1.69. The van der Waals surface area contributed by atoms with E-state index in [0.717, 1.165) is 19.5 Å². The Hall–Kier alpha value is -0.450. The van der Waals surface area contributed by atoms with Crippen LogP contribution in [0.2, 0.25) is 0 Å². The summed E-state index contributed by atoms with van der Waals surface area (Å²) in [4.78, 5) is 7.65. The van der Waals surface area contributed by atoms with E-state index in [4.69, 9.17) is 0 Å². The van der Waals surface area contributed by atoms with Gasteiger partial charge >= 0.3 is 0 Å². The molecule has 4 heteroatoms. The minimum absolute atomic E-state index is 0.0751. The van der Waals surface area contributed by atoms with E-state index in [1.165, 1.54) is 17.7 Å². The molecule has 1 saturated carbocycles. The number of aliphatic hydroxyl groups excluding tert-OH is 1. The predicted molar refractivity (Wildman–Crippen MR) is 61.8 cm³/mol. The Bertz CT molecular complexity index is 289. The van der Waals surface area contributed by atoms with Crippen molar-refractivity contribution in [2.45, 2.75) is 31.9 Å². The molecule has 1 aromatic heterocycles. The molecule has 1 aliphatic carbocycles. The van der Waals surface area contributed by atoms with E-state index in [-0.39, 0.29) is 6.10 Å². The molecular weight excluding hydrogens is 208 g/mol. The van der Waals surface area contributed by atoms with Crippen LogP contribution in [-0.2, 0) is 6.54 Å². The van der Waals surface area contributed by atoms with Crippen molar-refractivity contribution in [2.75, 3.05) is 13.6 Å². The molecule has 1 fully saturated rings. The summed E-state index contributed by atoms with van der Waals surface area (Å²) in [6, 6.07) is 0. The topological polar surface area (TPSA) is 36.4 Å². The summed E-state index contributed by atoms with van der Waals surface area (Å²) in [6.45, 7) is 1.95. The van der Waals surface area contributed by atoms with Crippen LogP contribution in [0.15, 0.2) is 11.7 Å². The highest BCUT2D eigenvalue weighted by molar-refractivity contribution is 7.09. The maximum absolute atomic E-state index is 9.73. The maximum Gasteiger partial charge on any atom is 0.0794 e. The molecule has 1 aliphatic rings. The third kappa shape index (κ3) is 3.00. The lowest BCUT2D eigenvalue weighted by molar-refractivity contribution is 0.108. The first-order valence-corrected chi connectivity index (χ1v) is 6.37. The molecular formula is C11H18N2OS. The van der Waals surface area contributed by atoms with E-state index in [9.17, 15) is 5.11 Å². The fourth-order valence-corrected chi connectivity index (χ4v) is 2.96. The van der Waals surface area contributed by atoms with Crippen LogP contribution >= 0.6 is 11.3 Å². The Kier molecular flexibility index (Phi) is 3.72. The van der Waals surface area contributed by atoms with Gasteiger partial charge in [-0.2, -0.15) is 0 Å². The van der Waals surface area contributed by atoms with Crippen molar-refractivity contribution in [1.29, 1.82) is 0 Å². The molecule has 2 unspecified atom stereocenters. The van der Waals surface area contributed by atoms with Crippen LogP contribution in [0.25, 0.3) is 0 Å². The molecule has 15 heavy (non-hydrogen) atoms. The Morgan fingerprint density at radius 3 is 3.07 bits per heavy atom. The zero-order chi connectivity index (χ0) is 10.7. The summed E-state index contributed by atoms with van der Waals surface area (Å²) in [5.74, 6) is 0.475. The first-order chi connectivity index (χ1) is 7.25. The van der Waals surface area contributed by atoms with Crippen molar-refractivity contribution < 1.29 is 5.11 Å². The van der Waals surface area contributed by atoms with E-state index >= 15 is 0 Å². The normalized spacial score (nSPS) is 26.3. The van der Waals surface area contributed by atoms with Crippen LogP contribution in [0, 0.1) is 5.92 Å². The van der Waals surface area contributed by atoms with E-state index < -0.39 is 0 Å². The minimum Gasteiger partial charge on any atom is -0.393 e. The first kappa shape index (κ1) is 11.0. The molecule has 1 heterocycles. The lowest BCUT2D eigenvalue weighted by atomic mass is 10.1. The average Bonchev–Trinajstić information content (AvgIpc) is 2.79. The molecule has 1 N–H and O–H groups in total. The zero-order valence-corrected chi connectivity index (χ0v) is 9.91. The highest BCUT2D eigenvalue weighted by atomic mass is 32.1. The fraction of sp³-hybridized carbons (Fsp3) is 0.727. The SMILES string of the molecule is CN(Cc1cncs1)CC1CCCC1O. The van der Waals surface area contributed by atoms with Crippen LogP contribution < -0.4 is 0 Å². The van der Waals surface area contributed by atoms with Gasteiger partial charge in [-0.3, -0.25) is 4.98 Å². The molecule has 0 aromatic carbocycles. The summed E-state index contributed by atoms with van der Waals surface area (Å²) in [7, 11) is 2.12. The van der Waals surface area contributed by atoms with Crippen LogP contribution in [0.1, 0.15) is 24.1 Å². The van der Waals surface area contributed by atoms with Crippen molar-refractivity contribution in [1.82, 2.24) is 9.88 Å². The van der Waals surface area contributed by atoms with Crippen molar-refractivity contribution in [2.24, 2.45) is 5.92 Å². The van der Waals surface area contributed by atoms with Crippen molar-refractivity contribution >= 4 is 11.3 Å². The average molecular weight is 226 g/mol. The standard InChI is InChI=1S/C11H18N2OS/c1-13(7-10-5-12-8-15-10)6-9-3-2-4-11(9)14/h5,8-9,11,14H,2-4,6-7H2,1H3. The number of rotatable bonds is 4. The monoisotopic (exact) mass is 226 g/mol. The zero-order valence-electron chi connectivity index (χ0n) is 9.09. The molecule has 0 saturated heterocycles. The van der Waals surface area contributed by atoms with Gasteiger partial charge in [0.05, 0.1) is 11.6 Å². The van der Waals surface area contributed by atoms with E-state index in [2.05, 4.69) is 16.9 Å². The summed E-state index contributed by atoms with van der Waals surface area (Å²) in [5, 5.41) is 9.73. The molecule has 2 atom stereocenters. The third-order valence-electron chi connectivity index (χ3n) is 3.07. The van der Waals surface area contributed by atoms with Gasteiger partial charge in [0.2, 0.25) is 0 Å². The second-order valence-electron chi connectivity index (χ2n) is 4.42. The number of thiazole rings is 1. The number of aromatic nitrogens is 1. The summed E-state index contributed by atoms with van der Waals surface area (Å²) < 4.78 is 0. The van der Waals surface area contributed by atoms with Gasteiger partial charge in [0.25, 0.3) is 0 Å². The van der Waals surface area contributed by atoms with Gasteiger partial charge in [0.15, 0.2) is 0 Å². The molecule has 0 bridgehead atoms. The number of hydrogen-bond donors (Lipinski definition) is 1. The van der Waals surface area contributed by atoms with Crippen molar-refractivity contribution in [3.63, 3.8) is 0 Å². The summed E-state index contributed by atoms with van der Waals surface area (Å²) in [6.07, 6.45) is 5.19. The fourth-order valence-electron chi connectivity index (χ4n) is 2.28. The smallest absolute Gasteiger partial charge is 0.0794 e. The first-order valence-electron chi connectivity index (χ1n) is 5.49. The molecule has 1 aromatic rings. The lowest BCUT2D eigenvalue weighted by Crippen LogP contribution is -2.29. The second-order valence-corrected chi connectivity index (χ2v) is 5.39. The lowest BCUT2D eigenvalue weighted by Gasteiger charge is -2.22. The Morgan fingerprint density at radius 1 is 1.60 bits per heavy atom. The van der Waals surface area contributed by atoms with Gasteiger partial charge in [0.1, 0.15) is 0 Å². The molecule has 2 rings (SSSR count). The second kappa shape index (κ2) is 5.05. The van der Waals surface area contributed by atoms with Gasteiger partial charge in [-0.15, -0.1) is 11.3 Å². The van der Waals surface area contributed by atoms with Crippen LogP contribution in [0.3, 0.4) is 0 Å². The highest BCUT2D eigenvalue weighted by Crippen LogP contribution is 2.26. The predicted octanol–water partition coefficient (Wildman–Crippen LogP) is 1.74. The van der Waals surface area contributed by atoms with Gasteiger partial charge in [0, 0.05) is 24.2 Å². The third-order valence-corrected chi connectivity index (χ3v) is 3.84. The quantitative estimate of drug-likeness (QED) is 0.849. The Morgan fingerprint density at radius 2 is 2.47 bits per heavy atom. The highest BCUT2D eigenvalue weighted by Gasteiger charge is 2.26. The minimum atomic E-state index is -0.0751. The largest absolute Gasteiger partial charge is 0.393 e. The molecule has 0 spiro atoms. The van der Waals surface area contributed by atoms with Crippen LogP contribution in [-0.4, -0.2) is 34.7 Å². The maximum atomic E-state index is 9.73. The van der Waals surface area contributed by atoms with Gasteiger partial charge < -0.3 is 10.0 Å². The van der Waals surface area contributed by atoms with E-state index in [1.807, 2.05) is 11.7 Å². The molecule has 3 nitrogen and oxygen atoms in total. The van der Waals surface area contributed by atoms with E-state index in [1.54, 1.807) is 11.3 Å². The molecule has 84 valence electrons. The van der Waals surface area contributed by atoms with Crippen molar-refractivity contribution in [3.05, 3.63) is 16.6 Å². The van der Waals surface area contributed by atoms with Gasteiger partial charge in [-0.25, -0.2) is 0 Å². The Labute approximate surface area is 94.8 Å². The number of aliphatic hydroxyl groups is 1. The van der Waals surface area contributed by atoms with Crippen molar-refractivity contribution in [3.8, 4) is 0 Å². The molecule has 0 aliphatic heterocycles. The number of hydrogen-bond acceptors (Lipinski definition) is 4. The molecule has 0 radical (unpaired) electrons. The number of nitrogens with zero attached hydrogens (tertiary/aromatic N) is 2. The van der Waals surface area contributed by atoms with Gasteiger partial charge in [-0.05, 0) is 25.8 Å². The van der Waals surface area contributed by atoms with E-state index in [0.29, 0.717) is 5.92 Å². The summed E-state index contributed by atoms with van der Waals surface area (Å²) in [5.41, 5.74) is 1.87. The van der Waals surface area contributed by atoms with Crippen LogP contribution in [0.5, 0.6) is 0 Å². The van der Waals surface area contributed by atoms with Gasteiger partial charge in [-0.1, -0.05) is 6.42 Å².